The molecule has 2 heterocycles. The van der Waals surface area contributed by atoms with Crippen LogP contribution in [-0.4, -0.2) is 28.2 Å². The average Bonchev–Trinajstić information content (AvgIpc) is 2.75. The lowest BCUT2D eigenvalue weighted by molar-refractivity contribution is -0.120. The standard InChI is InChI=1S/C10H15N3O/c1-13-7-8(6-12-13)5-10(14)9-3-2-4-11-9/h6-7,9,11H,2-5H2,1H3. The highest BCUT2D eigenvalue weighted by Gasteiger charge is 2.21. The minimum absolute atomic E-state index is 0.0789. The first-order chi connectivity index (χ1) is 6.75. The molecule has 1 N–H and O–H groups in total. The molecule has 1 atom stereocenters. The lowest BCUT2D eigenvalue weighted by atomic mass is 10.1. The Morgan fingerprint density at radius 3 is 3.21 bits per heavy atom. The highest BCUT2D eigenvalue weighted by Crippen LogP contribution is 2.09. The summed E-state index contributed by atoms with van der Waals surface area (Å²) in [6.45, 7) is 0.976. The summed E-state index contributed by atoms with van der Waals surface area (Å²) >= 11 is 0. The molecule has 0 bridgehead atoms. The van der Waals surface area contributed by atoms with Crippen LogP contribution in [0.5, 0.6) is 0 Å². The zero-order valence-electron chi connectivity index (χ0n) is 8.36. The van der Waals surface area contributed by atoms with Gasteiger partial charge in [0, 0.05) is 19.7 Å². The molecule has 0 aromatic carbocycles. The van der Waals surface area contributed by atoms with Crippen LogP contribution >= 0.6 is 0 Å². The van der Waals surface area contributed by atoms with Gasteiger partial charge in [-0.3, -0.25) is 9.48 Å². The normalized spacial score (nSPS) is 21.4. The van der Waals surface area contributed by atoms with Crippen molar-refractivity contribution in [1.29, 1.82) is 0 Å². The monoisotopic (exact) mass is 193 g/mol. The third-order valence-electron chi connectivity index (χ3n) is 2.59. The van der Waals surface area contributed by atoms with E-state index in [1.807, 2.05) is 13.2 Å². The summed E-state index contributed by atoms with van der Waals surface area (Å²) in [6.07, 6.45) is 6.26. The minimum Gasteiger partial charge on any atom is -0.307 e. The largest absolute Gasteiger partial charge is 0.307 e. The van der Waals surface area contributed by atoms with Crippen molar-refractivity contribution in [2.45, 2.75) is 25.3 Å². The number of carbonyl (C=O) groups excluding carboxylic acids is 1. The van der Waals surface area contributed by atoms with Gasteiger partial charge in [0.25, 0.3) is 0 Å². The Bertz CT molecular complexity index is 326. The average molecular weight is 193 g/mol. The van der Waals surface area contributed by atoms with E-state index in [2.05, 4.69) is 10.4 Å². The summed E-state index contributed by atoms with van der Waals surface area (Å²) in [5.41, 5.74) is 1.01. The Balaban J connectivity index is 1.93. The molecule has 1 aromatic rings. The Labute approximate surface area is 83.3 Å². The van der Waals surface area contributed by atoms with Gasteiger partial charge in [-0.2, -0.15) is 5.10 Å². The van der Waals surface area contributed by atoms with Gasteiger partial charge in [-0.1, -0.05) is 0 Å². The minimum atomic E-state index is 0.0789. The molecule has 0 saturated carbocycles. The van der Waals surface area contributed by atoms with E-state index in [1.54, 1.807) is 10.9 Å². The predicted octanol–water partition coefficient (Wildman–Crippen LogP) is 0.284. The number of rotatable bonds is 3. The zero-order valence-corrected chi connectivity index (χ0v) is 8.36. The van der Waals surface area contributed by atoms with E-state index in [1.165, 1.54) is 0 Å². The Morgan fingerprint density at radius 1 is 1.79 bits per heavy atom. The molecular weight excluding hydrogens is 178 g/mol. The molecule has 1 aliphatic heterocycles. The molecule has 76 valence electrons. The molecular formula is C10H15N3O. The first-order valence-corrected chi connectivity index (χ1v) is 4.99. The van der Waals surface area contributed by atoms with E-state index in [9.17, 15) is 4.79 Å². The fourth-order valence-electron chi connectivity index (χ4n) is 1.85. The van der Waals surface area contributed by atoms with Crippen LogP contribution < -0.4 is 5.32 Å². The van der Waals surface area contributed by atoms with Crippen LogP contribution in [0.4, 0.5) is 0 Å². The molecule has 0 amide bonds. The summed E-state index contributed by atoms with van der Waals surface area (Å²) in [6, 6.07) is 0.0789. The highest BCUT2D eigenvalue weighted by atomic mass is 16.1. The van der Waals surface area contributed by atoms with Crippen LogP contribution in [0.1, 0.15) is 18.4 Å². The smallest absolute Gasteiger partial charge is 0.154 e. The number of ketones is 1. The Hall–Kier alpha value is -1.16. The second kappa shape index (κ2) is 3.92. The van der Waals surface area contributed by atoms with Gasteiger partial charge in [0.05, 0.1) is 12.2 Å². The number of aryl methyl sites for hydroxylation is 1. The third kappa shape index (κ3) is 2.01. The van der Waals surface area contributed by atoms with E-state index >= 15 is 0 Å². The van der Waals surface area contributed by atoms with Crippen molar-refractivity contribution in [3.05, 3.63) is 18.0 Å². The van der Waals surface area contributed by atoms with Crippen LogP contribution in [0.15, 0.2) is 12.4 Å². The maximum absolute atomic E-state index is 11.7. The fraction of sp³-hybridized carbons (Fsp3) is 0.600. The van der Waals surface area contributed by atoms with Gasteiger partial charge >= 0.3 is 0 Å². The van der Waals surface area contributed by atoms with Crippen molar-refractivity contribution in [3.8, 4) is 0 Å². The van der Waals surface area contributed by atoms with Crippen molar-refractivity contribution in [2.24, 2.45) is 7.05 Å². The molecule has 4 heteroatoms. The maximum Gasteiger partial charge on any atom is 0.154 e. The van der Waals surface area contributed by atoms with Crippen LogP contribution in [-0.2, 0) is 18.3 Å². The van der Waals surface area contributed by atoms with Crippen LogP contribution in [0.3, 0.4) is 0 Å². The number of Topliss-reactive ketones (excluding diaryl/α,β-unsaturated/α-hetero) is 1. The van der Waals surface area contributed by atoms with Gasteiger partial charge in [-0.15, -0.1) is 0 Å². The first kappa shape index (κ1) is 9.40. The zero-order chi connectivity index (χ0) is 9.97. The Morgan fingerprint density at radius 2 is 2.64 bits per heavy atom. The molecule has 1 unspecified atom stereocenters. The lowest BCUT2D eigenvalue weighted by Gasteiger charge is -2.06. The number of nitrogens with zero attached hydrogens (tertiary/aromatic N) is 2. The molecule has 0 aliphatic carbocycles. The van der Waals surface area contributed by atoms with Gasteiger partial charge in [-0.05, 0) is 24.9 Å². The number of aromatic nitrogens is 2. The van der Waals surface area contributed by atoms with Crippen molar-refractivity contribution in [3.63, 3.8) is 0 Å². The van der Waals surface area contributed by atoms with Gasteiger partial charge in [0.15, 0.2) is 5.78 Å². The van der Waals surface area contributed by atoms with Crippen molar-refractivity contribution < 1.29 is 4.79 Å². The molecule has 2 rings (SSSR count). The van der Waals surface area contributed by atoms with E-state index in [4.69, 9.17) is 0 Å². The van der Waals surface area contributed by atoms with Gasteiger partial charge in [0.1, 0.15) is 0 Å². The quantitative estimate of drug-likeness (QED) is 0.750. The molecule has 1 fully saturated rings. The molecule has 1 aliphatic rings. The number of hydrogen-bond acceptors (Lipinski definition) is 3. The van der Waals surface area contributed by atoms with Crippen LogP contribution in [0, 0.1) is 0 Å². The lowest BCUT2D eigenvalue weighted by Crippen LogP contribution is -2.31. The van der Waals surface area contributed by atoms with Gasteiger partial charge in [-0.25, -0.2) is 0 Å². The Kier molecular flexibility index (Phi) is 2.63. The van der Waals surface area contributed by atoms with Crippen LogP contribution in [0.2, 0.25) is 0 Å². The molecule has 1 saturated heterocycles. The van der Waals surface area contributed by atoms with Gasteiger partial charge in [0.2, 0.25) is 0 Å². The SMILES string of the molecule is Cn1cc(CC(=O)C2CCCN2)cn1. The second-order valence-corrected chi connectivity index (χ2v) is 3.81. The highest BCUT2D eigenvalue weighted by molar-refractivity contribution is 5.86. The van der Waals surface area contributed by atoms with Crippen molar-refractivity contribution >= 4 is 5.78 Å². The second-order valence-electron chi connectivity index (χ2n) is 3.81. The van der Waals surface area contributed by atoms with E-state index < -0.39 is 0 Å². The topological polar surface area (TPSA) is 46.9 Å². The maximum atomic E-state index is 11.7. The number of carbonyl (C=O) groups is 1. The first-order valence-electron chi connectivity index (χ1n) is 4.99. The predicted molar refractivity (Wildman–Crippen MR) is 52.9 cm³/mol. The molecule has 14 heavy (non-hydrogen) atoms. The summed E-state index contributed by atoms with van der Waals surface area (Å²) in [4.78, 5) is 11.7. The van der Waals surface area contributed by atoms with E-state index in [-0.39, 0.29) is 11.8 Å². The summed E-state index contributed by atoms with van der Waals surface area (Å²) in [5, 5.41) is 7.25. The number of hydrogen-bond donors (Lipinski definition) is 1. The number of nitrogens with one attached hydrogen (secondary N) is 1. The van der Waals surface area contributed by atoms with Crippen molar-refractivity contribution in [2.75, 3.05) is 6.54 Å². The summed E-state index contributed by atoms with van der Waals surface area (Å²) in [5.74, 6) is 0.288. The van der Waals surface area contributed by atoms with E-state index in [0.717, 1.165) is 24.9 Å². The summed E-state index contributed by atoms with van der Waals surface area (Å²) in [7, 11) is 1.86. The van der Waals surface area contributed by atoms with Gasteiger partial charge < -0.3 is 5.32 Å². The molecule has 4 nitrogen and oxygen atoms in total. The molecule has 1 aromatic heterocycles. The third-order valence-corrected chi connectivity index (χ3v) is 2.59. The molecule has 0 spiro atoms. The molecule has 0 radical (unpaired) electrons. The van der Waals surface area contributed by atoms with Crippen molar-refractivity contribution in [1.82, 2.24) is 15.1 Å². The summed E-state index contributed by atoms with van der Waals surface area (Å²) < 4.78 is 1.73. The fourth-order valence-corrected chi connectivity index (χ4v) is 1.85. The van der Waals surface area contributed by atoms with Crippen LogP contribution in [0.25, 0.3) is 0 Å². The van der Waals surface area contributed by atoms with E-state index in [0.29, 0.717) is 6.42 Å².